The summed E-state index contributed by atoms with van der Waals surface area (Å²) >= 11 is 0. The van der Waals surface area contributed by atoms with E-state index in [1.165, 1.54) is 11.3 Å². The third-order valence-electron chi connectivity index (χ3n) is 5.96. The Morgan fingerprint density at radius 1 is 1.11 bits per heavy atom. The highest BCUT2D eigenvalue weighted by Gasteiger charge is 2.42. The van der Waals surface area contributed by atoms with Gasteiger partial charge in [-0.2, -0.15) is 5.10 Å². The number of hydrogen-bond acceptors (Lipinski definition) is 3. The molecular formula is C22H22FN3O. The van der Waals surface area contributed by atoms with Crippen LogP contribution in [0.2, 0.25) is 0 Å². The molecule has 3 aromatic rings. The van der Waals surface area contributed by atoms with Crippen LogP contribution >= 0.6 is 0 Å². The first-order valence-electron chi connectivity index (χ1n) is 9.45. The van der Waals surface area contributed by atoms with Gasteiger partial charge in [0.15, 0.2) is 0 Å². The molecule has 2 aliphatic rings. The van der Waals surface area contributed by atoms with Crippen molar-refractivity contribution in [3.8, 4) is 11.4 Å². The van der Waals surface area contributed by atoms with Crippen molar-refractivity contribution >= 4 is 0 Å². The third-order valence-corrected chi connectivity index (χ3v) is 5.96. The molecule has 0 N–H and O–H groups in total. The summed E-state index contributed by atoms with van der Waals surface area (Å²) < 4.78 is 21.5. The maximum Gasteiger partial charge on any atom is 0.127 e. The van der Waals surface area contributed by atoms with Crippen LogP contribution in [0, 0.1) is 5.82 Å². The van der Waals surface area contributed by atoms with Crippen LogP contribution in [0.4, 0.5) is 4.39 Å². The van der Waals surface area contributed by atoms with Crippen LogP contribution in [0.25, 0.3) is 5.69 Å². The molecule has 2 atom stereocenters. The second-order valence-corrected chi connectivity index (χ2v) is 7.37. The summed E-state index contributed by atoms with van der Waals surface area (Å²) in [5, 5.41) is 4.68. The van der Waals surface area contributed by atoms with E-state index in [4.69, 9.17) is 4.74 Å². The fourth-order valence-corrected chi connectivity index (χ4v) is 4.59. The van der Waals surface area contributed by atoms with Crippen molar-refractivity contribution in [2.45, 2.75) is 37.9 Å². The minimum Gasteiger partial charge on any atom is -0.497 e. The van der Waals surface area contributed by atoms with Crippen molar-refractivity contribution in [2.24, 2.45) is 0 Å². The summed E-state index contributed by atoms with van der Waals surface area (Å²) in [7, 11) is 1.67. The Morgan fingerprint density at radius 2 is 1.93 bits per heavy atom. The summed E-state index contributed by atoms with van der Waals surface area (Å²) in [5.41, 5.74) is 4.41. The van der Waals surface area contributed by atoms with Gasteiger partial charge in [0.1, 0.15) is 11.6 Å². The van der Waals surface area contributed by atoms with Crippen LogP contribution in [-0.2, 0) is 13.0 Å². The van der Waals surface area contributed by atoms with Gasteiger partial charge in [-0.05, 0) is 43.2 Å². The summed E-state index contributed by atoms with van der Waals surface area (Å²) in [5.74, 6) is 0.729. The molecule has 138 valence electrons. The molecule has 1 fully saturated rings. The Balaban J connectivity index is 1.46. The highest BCUT2D eigenvalue weighted by Crippen LogP contribution is 2.45. The van der Waals surface area contributed by atoms with E-state index in [0.717, 1.165) is 36.3 Å². The molecule has 2 unspecified atom stereocenters. The molecule has 1 saturated heterocycles. The van der Waals surface area contributed by atoms with Crippen molar-refractivity contribution in [1.82, 2.24) is 14.7 Å². The predicted molar refractivity (Wildman–Crippen MR) is 102 cm³/mol. The number of hydrogen-bond donors (Lipinski definition) is 0. The number of ether oxygens (including phenoxy) is 1. The van der Waals surface area contributed by atoms with Gasteiger partial charge >= 0.3 is 0 Å². The Bertz CT molecular complexity index is 966. The van der Waals surface area contributed by atoms with Crippen molar-refractivity contribution < 1.29 is 9.13 Å². The third kappa shape index (κ3) is 2.73. The molecular weight excluding hydrogens is 341 g/mol. The zero-order chi connectivity index (χ0) is 18.4. The lowest BCUT2D eigenvalue weighted by Crippen LogP contribution is -2.37. The van der Waals surface area contributed by atoms with Crippen molar-refractivity contribution in [2.75, 3.05) is 7.11 Å². The Labute approximate surface area is 158 Å². The fraction of sp³-hybridized carbons (Fsp3) is 0.318. The van der Waals surface area contributed by atoms with Crippen LogP contribution in [0.3, 0.4) is 0 Å². The first-order valence-corrected chi connectivity index (χ1v) is 9.45. The molecule has 0 amide bonds. The summed E-state index contributed by atoms with van der Waals surface area (Å²) in [4.78, 5) is 2.46. The molecule has 0 aliphatic carbocycles. The molecule has 5 heteroatoms. The molecule has 0 spiro atoms. The van der Waals surface area contributed by atoms with E-state index in [9.17, 15) is 4.39 Å². The lowest BCUT2D eigenvalue weighted by molar-refractivity contribution is 0.165. The number of fused-ring (bicyclic) bond motifs is 4. The van der Waals surface area contributed by atoms with E-state index in [0.29, 0.717) is 18.6 Å². The maximum absolute atomic E-state index is 14.1. The predicted octanol–water partition coefficient (Wildman–Crippen LogP) is 4.28. The minimum absolute atomic E-state index is 0.114. The Kier molecular flexibility index (Phi) is 3.97. The molecule has 0 saturated carbocycles. The largest absolute Gasteiger partial charge is 0.497 e. The van der Waals surface area contributed by atoms with E-state index >= 15 is 0 Å². The SMILES string of the molecule is COc1ccc(-n2ncc3c2CC2CCC3N2Cc2ccccc2F)cc1. The maximum atomic E-state index is 14.1. The average molecular weight is 363 g/mol. The highest BCUT2D eigenvalue weighted by molar-refractivity contribution is 5.41. The van der Waals surface area contributed by atoms with E-state index in [1.54, 1.807) is 19.2 Å². The van der Waals surface area contributed by atoms with Gasteiger partial charge in [-0.3, -0.25) is 4.90 Å². The molecule has 4 nitrogen and oxygen atoms in total. The summed E-state index contributed by atoms with van der Waals surface area (Å²) in [6, 6.07) is 15.9. The number of methoxy groups -OCH3 is 1. The first-order chi connectivity index (χ1) is 13.2. The molecule has 3 heterocycles. The average Bonchev–Trinajstić information content (AvgIpc) is 3.24. The minimum atomic E-state index is -0.114. The number of aromatic nitrogens is 2. The molecule has 2 aromatic carbocycles. The van der Waals surface area contributed by atoms with Gasteiger partial charge in [0.25, 0.3) is 0 Å². The zero-order valence-electron chi connectivity index (χ0n) is 15.3. The Morgan fingerprint density at radius 3 is 2.70 bits per heavy atom. The zero-order valence-corrected chi connectivity index (χ0v) is 15.3. The number of benzene rings is 2. The highest BCUT2D eigenvalue weighted by atomic mass is 19.1. The summed E-state index contributed by atoms with van der Waals surface area (Å²) in [6.45, 7) is 0.662. The van der Waals surface area contributed by atoms with Gasteiger partial charge in [0.05, 0.1) is 24.7 Å². The van der Waals surface area contributed by atoms with E-state index in [2.05, 4.69) is 14.7 Å². The molecule has 1 aromatic heterocycles. The molecule has 5 rings (SSSR count). The normalized spacial score (nSPS) is 21.3. The van der Waals surface area contributed by atoms with E-state index in [-0.39, 0.29) is 5.82 Å². The first kappa shape index (κ1) is 16.5. The molecule has 0 radical (unpaired) electrons. The van der Waals surface area contributed by atoms with Gasteiger partial charge in [0, 0.05) is 36.2 Å². The van der Waals surface area contributed by atoms with Gasteiger partial charge in [0.2, 0.25) is 0 Å². The quantitative estimate of drug-likeness (QED) is 0.693. The van der Waals surface area contributed by atoms with Crippen LogP contribution in [0.5, 0.6) is 5.75 Å². The smallest absolute Gasteiger partial charge is 0.127 e. The molecule has 2 bridgehead atoms. The second-order valence-electron chi connectivity index (χ2n) is 7.37. The van der Waals surface area contributed by atoms with Gasteiger partial charge in [-0.25, -0.2) is 9.07 Å². The number of halogens is 1. The van der Waals surface area contributed by atoms with Crippen LogP contribution in [-0.4, -0.2) is 27.8 Å². The Hall–Kier alpha value is -2.66. The second kappa shape index (κ2) is 6.50. The van der Waals surface area contributed by atoms with Crippen LogP contribution < -0.4 is 4.74 Å². The number of nitrogens with zero attached hydrogens (tertiary/aromatic N) is 3. The van der Waals surface area contributed by atoms with Gasteiger partial charge < -0.3 is 4.74 Å². The van der Waals surface area contributed by atoms with E-state index < -0.39 is 0 Å². The number of rotatable bonds is 4. The lowest BCUT2D eigenvalue weighted by Gasteiger charge is -2.35. The molecule has 2 aliphatic heterocycles. The van der Waals surface area contributed by atoms with Crippen molar-refractivity contribution in [3.63, 3.8) is 0 Å². The standard InChI is InChI=1S/C22H22FN3O/c1-27-18-9-6-16(7-10-18)26-22-12-17-8-11-21(19(22)13-24-26)25(17)14-15-4-2-3-5-20(15)23/h2-7,9-10,13,17,21H,8,11-12,14H2,1H3. The van der Waals surface area contributed by atoms with Crippen LogP contribution in [0.1, 0.15) is 35.7 Å². The van der Waals surface area contributed by atoms with Crippen molar-refractivity contribution in [1.29, 1.82) is 0 Å². The lowest BCUT2D eigenvalue weighted by atomic mass is 9.99. The van der Waals surface area contributed by atoms with Crippen molar-refractivity contribution in [3.05, 3.63) is 77.4 Å². The fourth-order valence-electron chi connectivity index (χ4n) is 4.59. The van der Waals surface area contributed by atoms with E-state index in [1.807, 2.05) is 42.6 Å². The topological polar surface area (TPSA) is 30.3 Å². The summed E-state index contributed by atoms with van der Waals surface area (Å²) in [6.07, 6.45) is 5.21. The van der Waals surface area contributed by atoms with Gasteiger partial charge in [-0.1, -0.05) is 18.2 Å². The molecule has 27 heavy (non-hydrogen) atoms. The van der Waals surface area contributed by atoms with Crippen LogP contribution in [0.15, 0.2) is 54.7 Å². The monoisotopic (exact) mass is 363 g/mol. The van der Waals surface area contributed by atoms with Gasteiger partial charge in [-0.15, -0.1) is 0 Å².